The average Bonchev–Trinajstić information content (AvgIpc) is 2.08. The molecule has 0 aliphatic heterocycles. The molecule has 0 fully saturated rings. The van der Waals surface area contributed by atoms with Crippen molar-refractivity contribution in [1.82, 2.24) is 0 Å². The summed E-state index contributed by atoms with van der Waals surface area (Å²) >= 11 is 0. The number of methoxy groups -OCH3 is 1. The van der Waals surface area contributed by atoms with Crippen LogP contribution < -0.4 is 9.47 Å². The molecule has 2 heteroatoms. The number of ether oxygens (including phenoxy) is 2. The topological polar surface area (TPSA) is 18.5 Å². The van der Waals surface area contributed by atoms with Crippen LogP contribution in [0.2, 0.25) is 0 Å². The first-order chi connectivity index (χ1) is 5.77. The molecule has 1 aromatic carbocycles. The Morgan fingerprint density at radius 1 is 1.33 bits per heavy atom. The number of hydrogen-bond donors (Lipinski definition) is 0. The quantitative estimate of drug-likeness (QED) is 0.684. The summed E-state index contributed by atoms with van der Waals surface area (Å²) in [6.45, 7) is 6.38. The van der Waals surface area contributed by atoms with E-state index in [0.29, 0.717) is 6.61 Å². The summed E-state index contributed by atoms with van der Waals surface area (Å²) in [6, 6.07) is 5.61. The molecule has 0 aromatic heterocycles. The lowest BCUT2D eigenvalue weighted by Gasteiger charge is -2.08. The highest BCUT2D eigenvalue weighted by molar-refractivity contribution is 5.43. The van der Waals surface area contributed by atoms with Crippen molar-refractivity contribution < 1.29 is 9.47 Å². The molecule has 0 N–H and O–H groups in total. The van der Waals surface area contributed by atoms with Crippen LogP contribution in [0.1, 0.15) is 12.5 Å². The van der Waals surface area contributed by atoms with Gasteiger partial charge in [0.1, 0.15) is 0 Å². The van der Waals surface area contributed by atoms with Gasteiger partial charge in [0.2, 0.25) is 0 Å². The van der Waals surface area contributed by atoms with E-state index in [2.05, 4.69) is 6.92 Å². The molecule has 0 aliphatic carbocycles. The van der Waals surface area contributed by atoms with Gasteiger partial charge in [0.15, 0.2) is 11.5 Å². The van der Waals surface area contributed by atoms with E-state index in [-0.39, 0.29) is 0 Å². The Morgan fingerprint density at radius 3 is 2.67 bits per heavy atom. The molecule has 0 unspecified atom stereocenters. The van der Waals surface area contributed by atoms with Crippen LogP contribution in [0.5, 0.6) is 11.5 Å². The van der Waals surface area contributed by atoms with Crippen LogP contribution in [0.3, 0.4) is 0 Å². The van der Waals surface area contributed by atoms with E-state index in [0.717, 1.165) is 17.1 Å². The number of benzene rings is 1. The monoisotopic (exact) mass is 165 g/mol. The minimum absolute atomic E-state index is 0.646. The summed E-state index contributed by atoms with van der Waals surface area (Å²) in [4.78, 5) is 0. The highest BCUT2D eigenvalue weighted by Gasteiger charge is 2.01. The smallest absolute Gasteiger partial charge is 0.161 e. The Kier molecular flexibility index (Phi) is 2.97. The molecule has 0 saturated heterocycles. The molecule has 0 spiro atoms. The van der Waals surface area contributed by atoms with Crippen LogP contribution in [0.4, 0.5) is 0 Å². The summed E-state index contributed by atoms with van der Waals surface area (Å²) in [6.07, 6.45) is 0. The van der Waals surface area contributed by atoms with Crippen LogP contribution in [0, 0.1) is 6.92 Å². The van der Waals surface area contributed by atoms with E-state index in [1.54, 1.807) is 7.11 Å². The molecule has 65 valence electrons. The van der Waals surface area contributed by atoms with Gasteiger partial charge < -0.3 is 9.47 Å². The summed E-state index contributed by atoms with van der Waals surface area (Å²) < 4.78 is 10.4. The number of rotatable bonds is 3. The van der Waals surface area contributed by atoms with E-state index in [1.165, 1.54) is 0 Å². The summed E-state index contributed by atoms with van der Waals surface area (Å²) in [5.74, 6) is 1.51. The Balaban J connectivity index is 2.94. The summed E-state index contributed by atoms with van der Waals surface area (Å²) in [5.41, 5.74) is 0.926. The van der Waals surface area contributed by atoms with Gasteiger partial charge in [-0.15, -0.1) is 0 Å². The van der Waals surface area contributed by atoms with E-state index in [4.69, 9.17) is 9.47 Å². The van der Waals surface area contributed by atoms with Gasteiger partial charge in [0.05, 0.1) is 13.7 Å². The van der Waals surface area contributed by atoms with Crippen molar-refractivity contribution >= 4 is 0 Å². The van der Waals surface area contributed by atoms with Crippen molar-refractivity contribution in [3.8, 4) is 11.5 Å². The molecule has 1 rings (SSSR count). The van der Waals surface area contributed by atoms with E-state index in [1.807, 2.05) is 25.1 Å². The van der Waals surface area contributed by atoms with Crippen LogP contribution in [-0.2, 0) is 0 Å². The van der Waals surface area contributed by atoms with Gasteiger partial charge in [-0.2, -0.15) is 0 Å². The Bertz CT molecular complexity index is 256. The van der Waals surface area contributed by atoms with Crippen LogP contribution in [0.25, 0.3) is 0 Å². The average molecular weight is 165 g/mol. The first-order valence-corrected chi connectivity index (χ1v) is 3.90. The predicted molar refractivity (Wildman–Crippen MR) is 48.6 cm³/mol. The number of hydrogen-bond acceptors (Lipinski definition) is 2. The van der Waals surface area contributed by atoms with Crippen molar-refractivity contribution in [2.45, 2.75) is 6.92 Å². The minimum atomic E-state index is 0.646. The SMILES string of the molecule is [CH2]c1ccc(OCC)c(OC)c1. The second kappa shape index (κ2) is 4.00. The Hall–Kier alpha value is -1.18. The highest BCUT2D eigenvalue weighted by Crippen LogP contribution is 2.27. The fraction of sp³-hybridized carbons (Fsp3) is 0.300. The van der Waals surface area contributed by atoms with E-state index < -0.39 is 0 Å². The second-order valence-electron chi connectivity index (χ2n) is 2.42. The molecule has 1 radical (unpaired) electrons. The first kappa shape index (κ1) is 8.91. The third kappa shape index (κ3) is 1.91. The zero-order chi connectivity index (χ0) is 8.97. The fourth-order valence-electron chi connectivity index (χ4n) is 0.987. The molecule has 0 atom stereocenters. The lowest BCUT2D eigenvalue weighted by molar-refractivity contribution is 0.311. The molecular weight excluding hydrogens is 152 g/mol. The van der Waals surface area contributed by atoms with Crippen molar-refractivity contribution in [2.75, 3.05) is 13.7 Å². The van der Waals surface area contributed by atoms with Crippen LogP contribution in [0.15, 0.2) is 18.2 Å². The van der Waals surface area contributed by atoms with Gasteiger partial charge in [-0.25, -0.2) is 0 Å². The van der Waals surface area contributed by atoms with Crippen LogP contribution in [-0.4, -0.2) is 13.7 Å². The Labute approximate surface area is 73.1 Å². The standard InChI is InChI=1S/C10H13O2/c1-4-12-9-6-5-8(2)7-10(9)11-3/h5-7H,2,4H2,1,3H3. The maximum absolute atomic E-state index is 5.33. The van der Waals surface area contributed by atoms with Crippen LogP contribution >= 0.6 is 0 Å². The molecular formula is C10H13O2. The van der Waals surface area contributed by atoms with Crippen molar-refractivity contribution in [2.24, 2.45) is 0 Å². The van der Waals surface area contributed by atoms with E-state index in [9.17, 15) is 0 Å². The largest absolute Gasteiger partial charge is 0.493 e. The zero-order valence-corrected chi connectivity index (χ0v) is 7.46. The molecule has 0 bridgehead atoms. The van der Waals surface area contributed by atoms with Crippen molar-refractivity contribution in [1.29, 1.82) is 0 Å². The molecule has 2 nitrogen and oxygen atoms in total. The molecule has 0 heterocycles. The lowest BCUT2D eigenvalue weighted by Crippen LogP contribution is -1.95. The molecule has 0 aliphatic rings. The third-order valence-electron chi connectivity index (χ3n) is 1.53. The van der Waals surface area contributed by atoms with Gasteiger partial charge in [-0.3, -0.25) is 0 Å². The molecule has 0 saturated carbocycles. The molecule has 12 heavy (non-hydrogen) atoms. The maximum Gasteiger partial charge on any atom is 0.161 e. The molecule has 0 amide bonds. The predicted octanol–water partition coefficient (Wildman–Crippen LogP) is 2.28. The molecule has 1 aromatic rings. The highest BCUT2D eigenvalue weighted by atomic mass is 16.5. The Morgan fingerprint density at radius 2 is 2.08 bits per heavy atom. The van der Waals surface area contributed by atoms with Gasteiger partial charge in [-0.1, -0.05) is 6.07 Å². The lowest BCUT2D eigenvalue weighted by atomic mass is 10.2. The van der Waals surface area contributed by atoms with Gasteiger partial charge >= 0.3 is 0 Å². The third-order valence-corrected chi connectivity index (χ3v) is 1.53. The van der Waals surface area contributed by atoms with Crippen molar-refractivity contribution in [3.05, 3.63) is 30.7 Å². The summed E-state index contributed by atoms with van der Waals surface area (Å²) in [5, 5.41) is 0. The normalized spacial score (nSPS) is 9.58. The first-order valence-electron chi connectivity index (χ1n) is 3.90. The van der Waals surface area contributed by atoms with Gasteiger partial charge in [0, 0.05) is 0 Å². The summed E-state index contributed by atoms with van der Waals surface area (Å²) in [7, 11) is 1.62. The minimum Gasteiger partial charge on any atom is -0.493 e. The van der Waals surface area contributed by atoms with Gasteiger partial charge in [0.25, 0.3) is 0 Å². The fourth-order valence-corrected chi connectivity index (χ4v) is 0.987. The van der Waals surface area contributed by atoms with Gasteiger partial charge in [-0.05, 0) is 31.5 Å². The van der Waals surface area contributed by atoms with Crippen molar-refractivity contribution in [3.63, 3.8) is 0 Å². The zero-order valence-electron chi connectivity index (χ0n) is 7.46. The second-order valence-corrected chi connectivity index (χ2v) is 2.42. The maximum atomic E-state index is 5.33. The van der Waals surface area contributed by atoms with E-state index >= 15 is 0 Å².